The van der Waals surface area contributed by atoms with Crippen molar-refractivity contribution in [3.8, 4) is 0 Å². The SMILES string of the molecule is CN=C(NCCN1C(=O)c2ccccc2C1=O)NCc1ccc(F)cc1C(F)(F)F.I. The van der Waals surface area contributed by atoms with E-state index in [-0.39, 0.29) is 55.1 Å². The molecule has 31 heavy (non-hydrogen) atoms. The number of imide groups is 1. The van der Waals surface area contributed by atoms with Gasteiger partial charge in [0, 0.05) is 26.7 Å². The summed E-state index contributed by atoms with van der Waals surface area (Å²) in [6, 6.07) is 8.93. The van der Waals surface area contributed by atoms with Crippen molar-refractivity contribution in [1.29, 1.82) is 0 Å². The highest BCUT2D eigenvalue weighted by Gasteiger charge is 2.35. The fraction of sp³-hybridized carbons (Fsp3) is 0.250. The van der Waals surface area contributed by atoms with E-state index in [1.807, 2.05) is 0 Å². The van der Waals surface area contributed by atoms with Crippen LogP contribution in [0.25, 0.3) is 0 Å². The van der Waals surface area contributed by atoms with E-state index >= 15 is 0 Å². The van der Waals surface area contributed by atoms with E-state index in [1.165, 1.54) is 7.05 Å². The molecule has 0 saturated carbocycles. The van der Waals surface area contributed by atoms with Gasteiger partial charge in [-0.05, 0) is 29.8 Å². The van der Waals surface area contributed by atoms with Crippen molar-refractivity contribution in [2.75, 3.05) is 20.1 Å². The van der Waals surface area contributed by atoms with Crippen LogP contribution in [0.4, 0.5) is 17.6 Å². The van der Waals surface area contributed by atoms with E-state index in [0.29, 0.717) is 17.2 Å². The van der Waals surface area contributed by atoms with Crippen molar-refractivity contribution in [2.45, 2.75) is 12.7 Å². The first-order valence-corrected chi connectivity index (χ1v) is 8.97. The van der Waals surface area contributed by atoms with Crippen LogP contribution in [0.3, 0.4) is 0 Å². The van der Waals surface area contributed by atoms with Crippen LogP contribution in [-0.4, -0.2) is 42.8 Å². The van der Waals surface area contributed by atoms with Gasteiger partial charge in [-0.1, -0.05) is 18.2 Å². The summed E-state index contributed by atoms with van der Waals surface area (Å²) in [7, 11) is 1.42. The zero-order valence-corrected chi connectivity index (χ0v) is 18.6. The number of hydrogen-bond acceptors (Lipinski definition) is 3. The van der Waals surface area contributed by atoms with Crippen LogP contribution in [0.1, 0.15) is 31.8 Å². The summed E-state index contributed by atoms with van der Waals surface area (Å²) in [5.41, 5.74) is -0.550. The lowest BCUT2D eigenvalue weighted by Crippen LogP contribution is -2.42. The summed E-state index contributed by atoms with van der Waals surface area (Å²) < 4.78 is 52.5. The van der Waals surface area contributed by atoms with Gasteiger partial charge >= 0.3 is 6.18 Å². The highest BCUT2D eigenvalue weighted by Crippen LogP contribution is 2.32. The van der Waals surface area contributed by atoms with E-state index in [0.717, 1.165) is 17.0 Å². The Labute approximate surface area is 192 Å². The van der Waals surface area contributed by atoms with Crippen molar-refractivity contribution in [3.63, 3.8) is 0 Å². The van der Waals surface area contributed by atoms with E-state index in [4.69, 9.17) is 0 Å². The Morgan fingerprint density at radius 3 is 2.19 bits per heavy atom. The van der Waals surface area contributed by atoms with E-state index in [2.05, 4.69) is 15.6 Å². The monoisotopic (exact) mass is 550 g/mol. The van der Waals surface area contributed by atoms with Crippen LogP contribution in [0.15, 0.2) is 47.5 Å². The first-order chi connectivity index (χ1) is 14.2. The Bertz CT molecular complexity index is 976. The van der Waals surface area contributed by atoms with Gasteiger partial charge in [-0.15, -0.1) is 24.0 Å². The molecule has 2 amide bonds. The van der Waals surface area contributed by atoms with Gasteiger partial charge in [-0.3, -0.25) is 19.5 Å². The number of fused-ring (bicyclic) bond motifs is 1. The highest BCUT2D eigenvalue weighted by atomic mass is 127. The van der Waals surface area contributed by atoms with Gasteiger partial charge in [-0.2, -0.15) is 13.2 Å². The number of amides is 2. The standard InChI is InChI=1S/C20H18F4N4O2.HI/c1-25-19(27-11-12-6-7-13(21)10-16(12)20(22,23)24)26-8-9-28-17(29)14-4-2-3-5-15(14)18(28)30;/h2-7,10H,8-9,11H2,1H3,(H2,25,26,27);1H. The van der Waals surface area contributed by atoms with Crippen LogP contribution in [0.2, 0.25) is 0 Å². The average Bonchev–Trinajstić information content (AvgIpc) is 2.95. The fourth-order valence-electron chi connectivity index (χ4n) is 3.09. The predicted molar refractivity (Wildman–Crippen MR) is 117 cm³/mol. The summed E-state index contributed by atoms with van der Waals surface area (Å²) in [6.45, 7) is -0.0557. The predicted octanol–water partition coefficient (Wildman–Crippen LogP) is 3.42. The van der Waals surface area contributed by atoms with Crippen molar-refractivity contribution in [2.24, 2.45) is 4.99 Å². The Kier molecular flexibility index (Phi) is 7.98. The van der Waals surface area contributed by atoms with Crippen molar-refractivity contribution in [1.82, 2.24) is 15.5 Å². The molecule has 166 valence electrons. The number of carbonyl (C=O) groups is 2. The third-order valence-electron chi connectivity index (χ3n) is 4.55. The molecular weight excluding hydrogens is 531 g/mol. The van der Waals surface area contributed by atoms with E-state index in [9.17, 15) is 27.2 Å². The molecule has 6 nitrogen and oxygen atoms in total. The summed E-state index contributed by atoms with van der Waals surface area (Å²) in [5.74, 6) is -1.61. The number of benzene rings is 2. The van der Waals surface area contributed by atoms with Gasteiger partial charge in [0.15, 0.2) is 5.96 Å². The van der Waals surface area contributed by atoms with E-state index in [1.54, 1.807) is 24.3 Å². The van der Waals surface area contributed by atoms with Gasteiger partial charge in [-0.25, -0.2) is 4.39 Å². The molecule has 0 bridgehead atoms. The average molecular weight is 550 g/mol. The number of halogens is 5. The molecule has 11 heteroatoms. The third kappa shape index (κ3) is 5.51. The molecular formula is C20H19F4IN4O2. The molecule has 0 atom stereocenters. The molecule has 0 aromatic heterocycles. The lowest BCUT2D eigenvalue weighted by molar-refractivity contribution is -0.138. The van der Waals surface area contributed by atoms with Gasteiger partial charge < -0.3 is 10.6 Å². The second-order valence-corrected chi connectivity index (χ2v) is 6.46. The second-order valence-electron chi connectivity index (χ2n) is 6.46. The maximum atomic E-state index is 13.2. The molecule has 0 unspecified atom stereocenters. The lowest BCUT2D eigenvalue weighted by atomic mass is 10.1. The Balaban J connectivity index is 0.00000341. The van der Waals surface area contributed by atoms with Crippen LogP contribution in [-0.2, 0) is 12.7 Å². The number of alkyl halides is 3. The molecule has 2 aromatic rings. The quantitative estimate of drug-likeness (QED) is 0.197. The van der Waals surface area contributed by atoms with Crippen molar-refractivity contribution < 1.29 is 27.2 Å². The number of carbonyl (C=O) groups excluding carboxylic acids is 2. The summed E-state index contributed by atoms with van der Waals surface area (Å²) >= 11 is 0. The molecule has 2 N–H and O–H groups in total. The molecule has 0 fully saturated rings. The van der Waals surface area contributed by atoms with Crippen LogP contribution < -0.4 is 10.6 Å². The van der Waals surface area contributed by atoms with Crippen LogP contribution >= 0.6 is 24.0 Å². The number of nitrogens with zero attached hydrogens (tertiary/aromatic N) is 2. The molecule has 1 heterocycles. The Morgan fingerprint density at radius 2 is 1.65 bits per heavy atom. The number of nitrogens with one attached hydrogen (secondary N) is 2. The molecule has 3 rings (SSSR count). The normalized spacial score (nSPS) is 13.7. The second kappa shape index (κ2) is 10.1. The first-order valence-electron chi connectivity index (χ1n) is 8.97. The van der Waals surface area contributed by atoms with Gasteiger partial charge in [0.25, 0.3) is 11.8 Å². The minimum Gasteiger partial charge on any atom is -0.355 e. The van der Waals surface area contributed by atoms with Crippen LogP contribution in [0.5, 0.6) is 0 Å². The summed E-state index contributed by atoms with van der Waals surface area (Å²) in [6.07, 6.45) is -4.69. The molecule has 0 saturated heterocycles. The van der Waals surface area contributed by atoms with Crippen LogP contribution in [0, 0.1) is 5.82 Å². The summed E-state index contributed by atoms with van der Waals surface area (Å²) in [4.78, 5) is 29.6. The minimum absolute atomic E-state index is 0. The Morgan fingerprint density at radius 1 is 1.03 bits per heavy atom. The first kappa shape index (κ1) is 24.6. The summed E-state index contributed by atoms with van der Waals surface area (Å²) in [5, 5.41) is 5.55. The molecule has 1 aliphatic heterocycles. The molecule has 1 aliphatic rings. The lowest BCUT2D eigenvalue weighted by Gasteiger charge is -2.18. The zero-order valence-electron chi connectivity index (χ0n) is 16.3. The van der Waals surface area contributed by atoms with Gasteiger partial charge in [0.2, 0.25) is 0 Å². The maximum absolute atomic E-state index is 13.2. The third-order valence-corrected chi connectivity index (χ3v) is 4.55. The molecule has 2 aromatic carbocycles. The van der Waals surface area contributed by atoms with Crippen molar-refractivity contribution >= 4 is 41.8 Å². The van der Waals surface area contributed by atoms with Gasteiger partial charge in [0.05, 0.1) is 16.7 Å². The molecule has 0 spiro atoms. The Hall–Kier alpha value is -2.70. The topological polar surface area (TPSA) is 73.8 Å². The minimum atomic E-state index is -4.69. The molecule has 0 aliphatic carbocycles. The zero-order chi connectivity index (χ0) is 21.9. The smallest absolute Gasteiger partial charge is 0.355 e. The fourth-order valence-corrected chi connectivity index (χ4v) is 3.09. The van der Waals surface area contributed by atoms with Crippen molar-refractivity contribution in [3.05, 3.63) is 70.5 Å². The largest absolute Gasteiger partial charge is 0.416 e. The van der Waals surface area contributed by atoms with E-state index < -0.39 is 29.4 Å². The maximum Gasteiger partial charge on any atom is 0.416 e. The number of aliphatic imine (C=N–C) groups is 1. The number of hydrogen-bond donors (Lipinski definition) is 2. The number of rotatable bonds is 5. The highest BCUT2D eigenvalue weighted by molar-refractivity contribution is 14.0. The number of guanidine groups is 1. The molecule has 0 radical (unpaired) electrons. The van der Waals surface area contributed by atoms with Gasteiger partial charge in [0.1, 0.15) is 5.82 Å².